The Hall–Kier alpha value is -2.20. The van der Waals surface area contributed by atoms with E-state index in [1.807, 2.05) is 24.3 Å². The highest BCUT2D eigenvalue weighted by Crippen LogP contribution is 2.28. The average molecular weight is 305 g/mol. The number of rotatable bonds is 4. The number of hydrogen-bond donors (Lipinski definition) is 2. The lowest BCUT2D eigenvalue weighted by Crippen LogP contribution is -2.02. The number of para-hydroxylation sites is 1. The lowest BCUT2D eigenvalue weighted by Gasteiger charge is -2.08. The van der Waals surface area contributed by atoms with Gasteiger partial charge in [-0.15, -0.1) is 0 Å². The Morgan fingerprint density at radius 3 is 2.81 bits per heavy atom. The molecule has 0 bridgehead atoms. The average Bonchev–Trinajstić information content (AvgIpc) is 2.83. The normalized spacial score (nSPS) is 10.8. The molecule has 2 aromatic carbocycles. The van der Waals surface area contributed by atoms with Crippen molar-refractivity contribution >= 4 is 28.2 Å². The van der Waals surface area contributed by atoms with Crippen LogP contribution in [0.25, 0.3) is 10.9 Å². The number of aromatic nitrogens is 1. The summed E-state index contributed by atoms with van der Waals surface area (Å²) in [5, 5.41) is 4.65. The van der Waals surface area contributed by atoms with Crippen LogP contribution >= 0.6 is 11.6 Å². The summed E-state index contributed by atoms with van der Waals surface area (Å²) < 4.78 is 18.8. The van der Waals surface area contributed by atoms with Gasteiger partial charge in [0.25, 0.3) is 0 Å². The molecule has 3 aromatic rings. The molecular weight excluding hydrogens is 291 g/mol. The van der Waals surface area contributed by atoms with Crippen LogP contribution in [-0.4, -0.2) is 12.1 Å². The van der Waals surface area contributed by atoms with Gasteiger partial charge >= 0.3 is 0 Å². The minimum Gasteiger partial charge on any atom is -0.497 e. The number of anilines is 1. The van der Waals surface area contributed by atoms with Crippen LogP contribution in [0.5, 0.6) is 5.75 Å². The van der Waals surface area contributed by atoms with E-state index in [2.05, 4.69) is 10.3 Å². The Morgan fingerprint density at radius 2 is 2.05 bits per heavy atom. The van der Waals surface area contributed by atoms with Crippen molar-refractivity contribution in [3.63, 3.8) is 0 Å². The Kier molecular flexibility index (Phi) is 3.71. The van der Waals surface area contributed by atoms with Crippen molar-refractivity contribution in [3.05, 3.63) is 59.0 Å². The van der Waals surface area contributed by atoms with Gasteiger partial charge in [-0.05, 0) is 18.2 Å². The molecule has 3 rings (SSSR count). The zero-order chi connectivity index (χ0) is 14.8. The summed E-state index contributed by atoms with van der Waals surface area (Å²) in [5.74, 6) is 0.268. The summed E-state index contributed by atoms with van der Waals surface area (Å²) >= 11 is 6.33. The fourth-order valence-corrected chi connectivity index (χ4v) is 2.51. The zero-order valence-corrected chi connectivity index (χ0v) is 12.2. The number of fused-ring (bicyclic) bond motifs is 1. The molecule has 0 aliphatic heterocycles. The lowest BCUT2D eigenvalue weighted by atomic mass is 10.2. The fraction of sp³-hybridized carbons (Fsp3) is 0.125. The topological polar surface area (TPSA) is 37.0 Å². The molecule has 1 heterocycles. The monoisotopic (exact) mass is 304 g/mol. The van der Waals surface area contributed by atoms with Gasteiger partial charge in [0.2, 0.25) is 0 Å². The predicted molar refractivity (Wildman–Crippen MR) is 83.6 cm³/mol. The second-order valence-corrected chi connectivity index (χ2v) is 5.04. The van der Waals surface area contributed by atoms with Crippen LogP contribution in [0.15, 0.2) is 42.5 Å². The number of hydrogen-bond acceptors (Lipinski definition) is 2. The molecule has 0 atom stereocenters. The third-order valence-electron chi connectivity index (χ3n) is 3.34. The van der Waals surface area contributed by atoms with E-state index >= 15 is 0 Å². The van der Waals surface area contributed by atoms with E-state index in [4.69, 9.17) is 16.3 Å². The van der Waals surface area contributed by atoms with Gasteiger partial charge in [-0.25, -0.2) is 4.39 Å². The van der Waals surface area contributed by atoms with E-state index in [1.165, 1.54) is 6.07 Å². The third kappa shape index (κ3) is 2.67. The fourth-order valence-electron chi connectivity index (χ4n) is 2.24. The molecule has 0 fully saturated rings. The molecule has 0 aliphatic rings. The minimum absolute atomic E-state index is 0.331. The molecule has 2 N–H and O–H groups in total. The Balaban J connectivity index is 1.85. The molecule has 0 aliphatic carbocycles. The summed E-state index contributed by atoms with van der Waals surface area (Å²) in [7, 11) is 1.55. The molecule has 0 saturated carbocycles. The largest absolute Gasteiger partial charge is 0.497 e. The SMILES string of the molecule is COc1ccc(F)c(NCc2[nH]c3ccccc3c2Cl)c1. The van der Waals surface area contributed by atoms with Gasteiger partial charge in [-0.1, -0.05) is 29.8 Å². The van der Waals surface area contributed by atoms with Crippen molar-refractivity contribution in [2.45, 2.75) is 6.54 Å². The van der Waals surface area contributed by atoms with Gasteiger partial charge in [0.1, 0.15) is 11.6 Å². The molecule has 0 unspecified atom stereocenters. The number of H-pyrrole nitrogens is 1. The van der Waals surface area contributed by atoms with E-state index in [0.29, 0.717) is 23.0 Å². The molecule has 5 heteroatoms. The van der Waals surface area contributed by atoms with Crippen LogP contribution in [0.4, 0.5) is 10.1 Å². The molecule has 0 saturated heterocycles. The second-order valence-electron chi connectivity index (χ2n) is 4.66. The van der Waals surface area contributed by atoms with Crippen LogP contribution in [0.3, 0.4) is 0 Å². The smallest absolute Gasteiger partial charge is 0.146 e. The van der Waals surface area contributed by atoms with Crippen molar-refractivity contribution in [2.24, 2.45) is 0 Å². The number of methoxy groups -OCH3 is 1. The maximum Gasteiger partial charge on any atom is 0.146 e. The van der Waals surface area contributed by atoms with Gasteiger partial charge in [0, 0.05) is 17.0 Å². The first kappa shape index (κ1) is 13.8. The Labute approximate surface area is 126 Å². The van der Waals surface area contributed by atoms with E-state index in [9.17, 15) is 4.39 Å². The van der Waals surface area contributed by atoms with Crippen molar-refractivity contribution in [3.8, 4) is 5.75 Å². The minimum atomic E-state index is -0.331. The molecular formula is C16H14ClFN2O. The molecule has 0 spiro atoms. The van der Waals surface area contributed by atoms with Crippen LogP contribution < -0.4 is 10.1 Å². The molecule has 3 nitrogen and oxygen atoms in total. The summed E-state index contributed by atoms with van der Waals surface area (Å²) in [6.45, 7) is 0.400. The summed E-state index contributed by atoms with van der Waals surface area (Å²) in [5.41, 5.74) is 2.16. The number of ether oxygens (including phenoxy) is 1. The lowest BCUT2D eigenvalue weighted by molar-refractivity contribution is 0.414. The summed E-state index contributed by atoms with van der Waals surface area (Å²) in [6.07, 6.45) is 0. The zero-order valence-electron chi connectivity index (χ0n) is 11.4. The van der Waals surface area contributed by atoms with Crippen LogP contribution in [0.2, 0.25) is 5.02 Å². The highest BCUT2D eigenvalue weighted by Gasteiger charge is 2.10. The summed E-state index contributed by atoms with van der Waals surface area (Å²) in [4.78, 5) is 3.23. The van der Waals surface area contributed by atoms with Crippen LogP contribution in [0, 0.1) is 5.82 Å². The van der Waals surface area contributed by atoms with Gasteiger partial charge in [-0.2, -0.15) is 0 Å². The van der Waals surface area contributed by atoms with Crippen molar-refractivity contribution < 1.29 is 9.13 Å². The first-order valence-corrected chi connectivity index (χ1v) is 6.89. The first-order valence-electron chi connectivity index (χ1n) is 6.51. The second kappa shape index (κ2) is 5.66. The number of benzene rings is 2. The maximum absolute atomic E-state index is 13.8. The van der Waals surface area contributed by atoms with E-state index in [0.717, 1.165) is 16.6 Å². The molecule has 0 amide bonds. The number of aromatic amines is 1. The van der Waals surface area contributed by atoms with E-state index in [-0.39, 0.29) is 5.82 Å². The van der Waals surface area contributed by atoms with Gasteiger partial charge < -0.3 is 15.0 Å². The van der Waals surface area contributed by atoms with Crippen LogP contribution in [-0.2, 0) is 6.54 Å². The molecule has 108 valence electrons. The molecule has 0 radical (unpaired) electrons. The molecule has 21 heavy (non-hydrogen) atoms. The first-order chi connectivity index (χ1) is 10.2. The van der Waals surface area contributed by atoms with Crippen LogP contribution in [0.1, 0.15) is 5.69 Å². The highest BCUT2D eigenvalue weighted by molar-refractivity contribution is 6.36. The van der Waals surface area contributed by atoms with Crippen molar-refractivity contribution in [2.75, 3.05) is 12.4 Å². The van der Waals surface area contributed by atoms with Gasteiger partial charge in [0.05, 0.1) is 30.1 Å². The van der Waals surface area contributed by atoms with Gasteiger partial charge in [-0.3, -0.25) is 0 Å². The standard InChI is InChI=1S/C16H14ClFN2O/c1-21-10-6-7-12(18)14(8-10)19-9-15-16(17)11-4-2-3-5-13(11)20-15/h2-8,19-20H,9H2,1H3. The van der Waals surface area contributed by atoms with Gasteiger partial charge in [0.15, 0.2) is 0 Å². The van der Waals surface area contributed by atoms with Crippen molar-refractivity contribution in [1.82, 2.24) is 4.98 Å². The molecule has 1 aromatic heterocycles. The summed E-state index contributed by atoms with van der Waals surface area (Å²) in [6, 6.07) is 12.3. The third-order valence-corrected chi connectivity index (χ3v) is 3.77. The Bertz CT molecular complexity index is 785. The van der Waals surface area contributed by atoms with E-state index in [1.54, 1.807) is 19.2 Å². The van der Waals surface area contributed by atoms with E-state index < -0.39 is 0 Å². The maximum atomic E-state index is 13.8. The number of halogens is 2. The quantitative estimate of drug-likeness (QED) is 0.740. The van der Waals surface area contributed by atoms with Crippen molar-refractivity contribution in [1.29, 1.82) is 0 Å². The Morgan fingerprint density at radius 1 is 1.24 bits per heavy atom. The number of nitrogens with one attached hydrogen (secondary N) is 2. The highest BCUT2D eigenvalue weighted by atomic mass is 35.5. The predicted octanol–water partition coefficient (Wildman–Crippen LogP) is 4.58.